The fourth-order valence-electron chi connectivity index (χ4n) is 3.65. The Morgan fingerprint density at radius 1 is 1.39 bits per heavy atom. The number of amides is 1. The van der Waals surface area contributed by atoms with Crippen molar-refractivity contribution in [3.63, 3.8) is 0 Å². The topological polar surface area (TPSA) is 46.3 Å². The van der Waals surface area contributed by atoms with Crippen LogP contribution in [-0.4, -0.2) is 28.9 Å². The van der Waals surface area contributed by atoms with Crippen molar-refractivity contribution in [3.05, 3.63) is 0 Å². The van der Waals surface area contributed by atoms with Crippen molar-refractivity contribution in [2.75, 3.05) is 6.54 Å². The van der Waals surface area contributed by atoms with E-state index in [1.807, 2.05) is 0 Å². The fourth-order valence-corrected chi connectivity index (χ4v) is 3.65. The molecule has 0 aromatic heterocycles. The molecule has 3 heteroatoms. The maximum atomic E-state index is 12.2. The van der Waals surface area contributed by atoms with Crippen LogP contribution < -0.4 is 5.73 Å². The zero-order valence-electron chi connectivity index (χ0n) is 12.7. The van der Waals surface area contributed by atoms with E-state index < -0.39 is 5.54 Å². The molecule has 0 bridgehead atoms. The van der Waals surface area contributed by atoms with Crippen molar-refractivity contribution >= 4 is 5.91 Å². The van der Waals surface area contributed by atoms with Crippen LogP contribution in [0.25, 0.3) is 0 Å². The lowest BCUT2D eigenvalue weighted by Crippen LogP contribution is -2.66. The molecule has 2 atom stereocenters. The van der Waals surface area contributed by atoms with Crippen molar-refractivity contribution in [1.29, 1.82) is 0 Å². The number of carbonyl (C=O) groups is 1. The highest BCUT2D eigenvalue weighted by atomic mass is 16.1. The van der Waals surface area contributed by atoms with Gasteiger partial charge < -0.3 is 5.73 Å². The fraction of sp³-hybridized carbons (Fsp3) is 0.933. The first-order valence-electron chi connectivity index (χ1n) is 7.44. The van der Waals surface area contributed by atoms with Gasteiger partial charge in [0.2, 0.25) is 5.91 Å². The normalized spacial score (nSPS) is 30.1. The molecule has 0 unspecified atom stereocenters. The summed E-state index contributed by atoms with van der Waals surface area (Å²) in [6.45, 7) is 11.9. The molecule has 106 valence electrons. The number of hydrogen-bond donors (Lipinski definition) is 1. The quantitative estimate of drug-likeness (QED) is 0.820. The molecule has 0 aromatic carbocycles. The van der Waals surface area contributed by atoms with E-state index in [9.17, 15) is 4.79 Å². The molecule has 1 aliphatic heterocycles. The van der Waals surface area contributed by atoms with Gasteiger partial charge in [-0.1, -0.05) is 34.6 Å². The molecule has 1 fully saturated rings. The van der Waals surface area contributed by atoms with Crippen LogP contribution in [-0.2, 0) is 4.79 Å². The standard InChI is InChI=1S/C15H30N2O/c1-6-10-17-13(11(2)3)8-7-9-15(17,12(4)5)14(16)18/h11-13H,6-10H2,1-5H3,(H2,16,18)/t13-,15-/m0/s1. The third kappa shape index (κ3) is 2.56. The van der Waals surface area contributed by atoms with Crippen molar-refractivity contribution in [1.82, 2.24) is 4.90 Å². The third-order valence-electron chi connectivity index (χ3n) is 4.59. The van der Waals surface area contributed by atoms with Crippen LogP contribution in [0.4, 0.5) is 0 Å². The Hall–Kier alpha value is -0.570. The van der Waals surface area contributed by atoms with E-state index >= 15 is 0 Å². The summed E-state index contributed by atoms with van der Waals surface area (Å²) in [5, 5.41) is 0. The van der Waals surface area contributed by atoms with E-state index in [4.69, 9.17) is 5.73 Å². The average molecular weight is 254 g/mol. The van der Waals surface area contributed by atoms with E-state index in [0.29, 0.717) is 12.0 Å². The lowest BCUT2D eigenvalue weighted by Gasteiger charge is -2.53. The molecule has 1 heterocycles. The first kappa shape index (κ1) is 15.5. The molecule has 0 aromatic rings. The predicted molar refractivity (Wildman–Crippen MR) is 76.2 cm³/mol. The number of hydrogen-bond acceptors (Lipinski definition) is 2. The third-order valence-corrected chi connectivity index (χ3v) is 4.59. The average Bonchev–Trinajstić information content (AvgIpc) is 2.28. The minimum Gasteiger partial charge on any atom is -0.368 e. The van der Waals surface area contributed by atoms with Gasteiger partial charge in [-0.3, -0.25) is 9.69 Å². The molecule has 0 aliphatic carbocycles. The van der Waals surface area contributed by atoms with Gasteiger partial charge in [0.15, 0.2) is 0 Å². The van der Waals surface area contributed by atoms with Gasteiger partial charge in [0.05, 0.1) is 0 Å². The van der Waals surface area contributed by atoms with Gasteiger partial charge in [-0.15, -0.1) is 0 Å². The number of piperidine rings is 1. The summed E-state index contributed by atoms with van der Waals surface area (Å²) in [6.07, 6.45) is 4.30. The highest BCUT2D eigenvalue weighted by molar-refractivity contribution is 5.85. The van der Waals surface area contributed by atoms with Crippen molar-refractivity contribution < 1.29 is 4.79 Å². The number of carbonyl (C=O) groups excluding carboxylic acids is 1. The molecular formula is C15H30N2O. The summed E-state index contributed by atoms with van der Waals surface area (Å²) < 4.78 is 0. The van der Waals surface area contributed by atoms with E-state index in [2.05, 4.69) is 39.5 Å². The molecule has 0 radical (unpaired) electrons. The monoisotopic (exact) mass is 254 g/mol. The summed E-state index contributed by atoms with van der Waals surface area (Å²) in [5.74, 6) is 0.730. The lowest BCUT2D eigenvalue weighted by molar-refractivity contribution is -0.142. The van der Waals surface area contributed by atoms with E-state index in [0.717, 1.165) is 25.8 Å². The molecule has 1 amide bonds. The van der Waals surface area contributed by atoms with Crippen LogP contribution in [0.1, 0.15) is 60.3 Å². The maximum Gasteiger partial charge on any atom is 0.238 e. The number of nitrogens with two attached hydrogens (primary N) is 1. The first-order chi connectivity index (χ1) is 8.37. The van der Waals surface area contributed by atoms with Gasteiger partial charge in [-0.25, -0.2) is 0 Å². The Balaban J connectivity index is 3.15. The second kappa shape index (κ2) is 6.05. The van der Waals surface area contributed by atoms with Crippen molar-refractivity contribution in [2.24, 2.45) is 17.6 Å². The molecule has 0 spiro atoms. The maximum absolute atomic E-state index is 12.2. The van der Waals surface area contributed by atoms with Gasteiger partial charge in [0, 0.05) is 6.04 Å². The number of nitrogens with zero attached hydrogens (tertiary/aromatic N) is 1. The molecule has 1 saturated heterocycles. The van der Waals surface area contributed by atoms with Gasteiger partial charge in [-0.05, 0) is 44.1 Å². The zero-order chi connectivity index (χ0) is 13.9. The molecule has 18 heavy (non-hydrogen) atoms. The SMILES string of the molecule is CCCN1[C@H](C(C)C)CCC[C@@]1(C(N)=O)C(C)C. The Morgan fingerprint density at radius 2 is 2.00 bits per heavy atom. The molecule has 0 saturated carbocycles. The molecule has 3 nitrogen and oxygen atoms in total. The highest BCUT2D eigenvalue weighted by Gasteiger charge is 2.49. The van der Waals surface area contributed by atoms with Crippen LogP contribution >= 0.6 is 0 Å². The van der Waals surface area contributed by atoms with E-state index in [1.54, 1.807) is 0 Å². The largest absolute Gasteiger partial charge is 0.368 e. The molecule has 1 aliphatic rings. The van der Waals surface area contributed by atoms with Crippen molar-refractivity contribution in [3.8, 4) is 0 Å². The van der Waals surface area contributed by atoms with Gasteiger partial charge >= 0.3 is 0 Å². The van der Waals surface area contributed by atoms with Gasteiger partial charge in [0.1, 0.15) is 5.54 Å². The van der Waals surface area contributed by atoms with Crippen LogP contribution in [0, 0.1) is 11.8 Å². The number of primary amides is 1. The van der Waals surface area contributed by atoms with Gasteiger partial charge in [0.25, 0.3) is 0 Å². The summed E-state index contributed by atoms with van der Waals surface area (Å²) in [5.41, 5.74) is 5.38. The summed E-state index contributed by atoms with van der Waals surface area (Å²) in [4.78, 5) is 14.6. The van der Waals surface area contributed by atoms with E-state index in [1.165, 1.54) is 6.42 Å². The van der Waals surface area contributed by atoms with Crippen LogP contribution in [0.15, 0.2) is 0 Å². The van der Waals surface area contributed by atoms with Crippen LogP contribution in [0.3, 0.4) is 0 Å². The van der Waals surface area contributed by atoms with Crippen molar-refractivity contribution in [2.45, 2.75) is 71.9 Å². The summed E-state index contributed by atoms with van der Waals surface area (Å²) in [6, 6.07) is 0.494. The molecule has 1 rings (SSSR count). The molecule has 2 N–H and O–H groups in total. The van der Waals surface area contributed by atoms with Crippen LogP contribution in [0.2, 0.25) is 0 Å². The van der Waals surface area contributed by atoms with E-state index in [-0.39, 0.29) is 11.8 Å². The number of likely N-dealkylation sites (tertiary alicyclic amines) is 1. The van der Waals surface area contributed by atoms with Gasteiger partial charge in [-0.2, -0.15) is 0 Å². The lowest BCUT2D eigenvalue weighted by atomic mass is 9.73. The Morgan fingerprint density at radius 3 is 2.39 bits per heavy atom. The smallest absolute Gasteiger partial charge is 0.238 e. The second-order valence-electron chi connectivity index (χ2n) is 6.34. The number of rotatable bonds is 5. The Labute approximate surface area is 112 Å². The van der Waals surface area contributed by atoms with Crippen LogP contribution in [0.5, 0.6) is 0 Å². The first-order valence-corrected chi connectivity index (χ1v) is 7.44. The zero-order valence-corrected chi connectivity index (χ0v) is 12.7. The Bertz CT molecular complexity index is 288. The second-order valence-corrected chi connectivity index (χ2v) is 6.34. The summed E-state index contributed by atoms with van der Waals surface area (Å²) >= 11 is 0. The highest BCUT2D eigenvalue weighted by Crippen LogP contribution is 2.39. The molecular weight excluding hydrogens is 224 g/mol. The Kier molecular flexibility index (Phi) is 5.20. The summed E-state index contributed by atoms with van der Waals surface area (Å²) in [7, 11) is 0. The minimum atomic E-state index is -0.427. The predicted octanol–water partition coefficient (Wildman–Crippen LogP) is 2.79. The minimum absolute atomic E-state index is 0.128.